The zero-order valence-electron chi connectivity index (χ0n) is 11.6. The zero-order chi connectivity index (χ0) is 14.0. The number of aryl methyl sites for hydroxylation is 1. The number of aromatic nitrogens is 2. The molecule has 2 N–H and O–H groups in total. The molecule has 1 aliphatic rings. The van der Waals surface area contributed by atoms with Gasteiger partial charge in [0.15, 0.2) is 0 Å². The molecule has 1 saturated heterocycles. The minimum Gasteiger partial charge on any atom is -0.355 e. The highest BCUT2D eigenvalue weighted by atomic mass is 16.2. The van der Waals surface area contributed by atoms with Crippen molar-refractivity contribution in [3.8, 4) is 0 Å². The third-order valence-corrected chi connectivity index (χ3v) is 3.73. The number of nitrogens with zero attached hydrogens (tertiary/aromatic N) is 2. The minimum atomic E-state index is -0.128. The van der Waals surface area contributed by atoms with Crippen molar-refractivity contribution in [2.75, 3.05) is 6.54 Å². The highest BCUT2D eigenvalue weighted by molar-refractivity contribution is 5.83. The van der Waals surface area contributed by atoms with Gasteiger partial charge >= 0.3 is 0 Å². The summed E-state index contributed by atoms with van der Waals surface area (Å²) in [4.78, 5) is 23.2. The van der Waals surface area contributed by atoms with Gasteiger partial charge in [-0.05, 0) is 20.3 Å². The number of hydrogen-bond acceptors (Lipinski definition) is 3. The van der Waals surface area contributed by atoms with E-state index < -0.39 is 0 Å². The second-order valence-corrected chi connectivity index (χ2v) is 5.08. The lowest BCUT2D eigenvalue weighted by atomic mass is 9.97. The van der Waals surface area contributed by atoms with E-state index in [0.717, 1.165) is 11.3 Å². The van der Waals surface area contributed by atoms with Crippen molar-refractivity contribution in [1.29, 1.82) is 0 Å². The molecule has 1 aliphatic heterocycles. The maximum absolute atomic E-state index is 12.1. The molecule has 2 amide bonds. The third-order valence-electron chi connectivity index (χ3n) is 3.73. The molecule has 1 aromatic rings. The fourth-order valence-corrected chi connectivity index (χ4v) is 2.31. The number of hydrogen-bond donors (Lipinski definition) is 2. The van der Waals surface area contributed by atoms with E-state index in [1.807, 2.05) is 20.9 Å². The molecule has 2 atom stereocenters. The summed E-state index contributed by atoms with van der Waals surface area (Å²) in [7, 11) is 1.88. The van der Waals surface area contributed by atoms with E-state index in [2.05, 4.69) is 15.7 Å². The Bertz CT molecular complexity index is 485. The summed E-state index contributed by atoms with van der Waals surface area (Å²) >= 11 is 0. The lowest BCUT2D eigenvalue weighted by Crippen LogP contribution is -2.43. The summed E-state index contributed by atoms with van der Waals surface area (Å²) in [6.07, 6.45) is 2.83. The van der Waals surface area contributed by atoms with Crippen molar-refractivity contribution in [1.82, 2.24) is 20.4 Å². The quantitative estimate of drug-likeness (QED) is 0.831. The second-order valence-electron chi connectivity index (χ2n) is 5.08. The Kier molecular flexibility index (Phi) is 3.87. The molecule has 6 nitrogen and oxygen atoms in total. The summed E-state index contributed by atoms with van der Waals surface area (Å²) in [5, 5.41) is 9.89. The van der Waals surface area contributed by atoms with E-state index in [4.69, 9.17) is 0 Å². The molecule has 2 rings (SSSR count). The Morgan fingerprint density at radius 1 is 1.63 bits per heavy atom. The van der Waals surface area contributed by atoms with Gasteiger partial charge in [-0.25, -0.2) is 0 Å². The van der Waals surface area contributed by atoms with E-state index in [0.29, 0.717) is 19.4 Å². The highest BCUT2D eigenvalue weighted by Crippen LogP contribution is 2.18. The molecule has 0 radical (unpaired) electrons. The Hall–Kier alpha value is -1.85. The normalized spacial score (nSPS) is 20.8. The Balaban J connectivity index is 1.95. The number of nitrogens with one attached hydrogen (secondary N) is 2. The van der Waals surface area contributed by atoms with Gasteiger partial charge in [-0.1, -0.05) is 0 Å². The monoisotopic (exact) mass is 264 g/mol. The SMILES string of the molecule is Cc1c(C(C)NC(=O)C2CCC(=O)NC2)cnn1C. The van der Waals surface area contributed by atoms with Gasteiger partial charge in [0.05, 0.1) is 18.2 Å². The van der Waals surface area contributed by atoms with Crippen LogP contribution in [0.15, 0.2) is 6.20 Å². The van der Waals surface area contributed by atoms with Gasteiger partial charge < -0.3 is 10.6 Å². The molecule has 0 spiro atoms. The fourth-order valence-electron chi connectivity index (χ4n) is 2.31. The highest BCUT2D eigenvalue weighted by Gasteiger charge is 2.26. The first-order valence-corrected chi connectivity index (χ1v) is 6.54. The lowest BCUT2D eigenvalue weighted by molar-refractivity contribution is -0.129. The summed E-state index contributed by atoms with van der Waals surface area (Å²) in [5.74, 6) is -0.104. The molecule has 0 aliphatic carbocycles. The topological polar surface area (TPSA) is 76.0 Å². The average Bonchev–Trinajstić information content (AvgIpc) is 2.70. The third kappa shape index (κ3) is 2.94. The molecule has 0 bridgehead atoms. The number of amides is 2. The van der Waals surface area contributed by atoms with Crippen LogP contribution in [0.1, 0.15) is 37.1 Å². The number of carbonyl (C=O) groups is 2. The van der Waals surface area contributed by atoms with E-state index in [1.165, 1.54) is 0 Å². The van der Waals surface area contributed by atoms with Crippen molar-refractivity contribution in [2.24, 2.45) is 13.0 Å². The summed E-state index contributed by atoms with van der Waals surface area (Å²) in [5.41, 5.74) is 2.07. The van der Waals surface area contributed by atoms with Crippen molar-refractivity contribution in [2.45, 2.75) is 32.7 Å². The summed E-state index contributed by atoms with van der Waals surface area (Å²) in [6.45, 7) is 4.36. The van der Waals surface area contributed by atoms with Crippen LogP contribution in [0.25, 0.3) is 0 Å². The predicted molar refractivity (Wildman–Crippen MR) is 70.2 cm³/mol. The van der Waals surface area contributed by atoms with Crippen LogP contribution < -0.4 is 10.6 Å². The maximum Gasteiger partial charge on any atom is 0.225 e. The van der Waals surface area contributed by atoms with Crippen molar-refractivity contribution < 1.29 is 9.59 Å². The summed E-state index contributed by atoms with van der Waals surface area (Å²) in [6, 6.07) is -0.0705. The predicted octanol–water partition coefficient (Wildman–Crippen LogP) is 0.432. The largest absolute Gasteiger partial charge is 0.355 e. The average molecular weight is 264 g/mol. The van der Waals surface area contributed by atoms with Gasteiger partial charge in [0.1, 0.15) is 0 Å². The number of piperidine rings is 1. The van der Waals surface area contributed by atoms with E-state index in [9.17, 15) is 9.59 Å². The minimum absolute atomic E-state index is 0.00393. The fraction of sp³-hybridized carbons (Fsp3) is 0.615. The number of rotatable bonds is 3. The lowest BCUT2D eigenvalue weighted by Gasteiger charge is -2.23. The van der Waals surface area contributed by atoms with Gasteiger partial charge in [-0.3, -0.25) is 14.3 Å². The van der Waals surface area contributed by atoms with Crippen molar-refractivity contribution >= 4 is 11.8 Å². The van der Waals surface area contributed by atoms with Gasteiger partial charge in [0.25, 0.3) is 0 Å². The Labute approximate surface area is 112 Å². The van der Waals surface area contributed by atoms with Crippen LogP contribution in [-0.2, 0) is 16.6 Å². The molecule has 104 valence electrons. The number of carbonyl (C=O) groups excluding carboxylic acids is 2. The van der Waals surface area contributed by atoms with E-state index in [-0.39, 0.29) is 23.8 Å². The van der Waals surface area contributed by atoms with Crippen LogP contribution in [0.2, 0.25) is 0 Å². The molecule has 2 heterocycles. The van der Waals surface area contributed by atoms with Crippen LogP contribution >= 0.6 is 0 Å². The molecule has 6 heteroatoms. The van der Waals surface area contributed by atoms with Crippen molar-refractivity contribution in [3.05, 3.63) is 17.5 Å². The van der Waals surface area contributed by atoms with Gasteiger partial charge in [-0.2, -0.15) is 5.10 Å². The van der Waals surface area contributed by atoms with Crippen LogP contribution in [0.4, 0.5) is 0 Å². The molecule has 1 aromatic heterocycles. The molecule has 2 unspecified atom stereocenters. The summed E-state index contributed by atoms with van der Waals surface area (Å²) < 4.78 is 1.79. The first-order valence-electron chi connectivity index (χ1n) is 6.54. The molecule has 19 heavy (non-hydrogen) atoms. The zero-order valence-corrected chi connectivity index (χ0v) is 11.6. The molecule has 0 saturated carbocycles. The van der Waals surface area contributed by atoms with Crippen LogP contribution in [0.5, 0.6) is 0 Å². The molecular formula is C13H20N4O2. The van der Waals surface area contributed by atoms with Gasteiger partial charge in [0, 0.05) is 31.3 Å². The Morgan fingerprint density at radius 3 is 2.89 bits per heavy atom. The first-order chi connectivity index (χ1) is 8.99. The standard InChI is InChI=1S/C13H20N4O2/c1-8(11-7-15-17(3)9(11)2)16-13(19)10-4-5-12(18)14-6-10/h7-8,10H,4-6H2,1-3H3,(H,14,18)(H,16,19). The van der Waals surface area contributed by atoms with Crippen LogP contribution in [0, 0.1) is 12.8 Å². The first kappa shape index (κ1) is 13.6. The smallest absolute Gasteiger partial charge is 0.225 e. The molecular weight excluding hydrogens is 244 g/mol. The second kappa shape index (κ2) is 5.42. The maximum atomic E-state index is 12.1. The van der Waals surface area contributed by atoms with E-state index >= 15 is 0 Å². The van der Waals surface area contributed by atoms with Crippen molar-refractivity contribution in [3.63, 3.8) is 0 Å². The van der Waals surface area contributed by atoms with Gasteiger partial charge in [0.2, 0.25) is 11.8 Å². The molecule has 1 fully saturated rings. The molecule has 0 aromatic carbocycles. The Morgan fingerprint density at radius 2 is 2.37 bits per heavy atom. The van der Waals surface area contributed by atoms with Gasteiger partial charge in [-0.15, -0.1) is 0 Å². The van der Waals surface area contributed by atoms with Crippen LogP contribution in [-0.4, -0.2) is 28.1 Å². The van der Waals surface area contributed by atoms with Crippen LogP contribution in [0.3, 0.4) is 0 Å². The van der Waals surface area contributed by atoms with E-state index in [1.54, 1.807) is 10.9 Å².